The SMILES string of the molecule is CC(NC(=O)c1cccc2cn[nH]c12)c1cccs1. The summed E-state index contributed by atoms with van der Waals surface area (Å²) in [5, 5.41) is 12.8. The summed E-state index contributed by atoms with van der Waals surface area (Å²) in [5.74, 6) is -0.0873. The lowest BCUT2D eigenvalue weighted by Crippen LogP contribution is -2.26. The number of H-pyrrole nitrogens is 1. The largest absolute Gasteiger partial charge is 0.345 e. The second-order valence-electron chi connectivity index (χ2n) is 4.35. The van der Waals surface area contributed by atoms with E-state index < -0.39 is 0 Å². The summed E-state index contributed by atoms with van der Waals surface area (Å²) in [7, 11) is 0. The predicted octanol–water partition coefficient (Wildman–Crippen LogP) is 3.12. The number of hydrogen-bond acceptors (Lipinski definition) is 3. The number of rotatable bonds is 3. The Hall–Kier alpha value is -2.14. The number of amides is 1. The quantitative estimate of drug-likeness (QED) is 0.769. The van der Waals surface area contributed by atoms with Gasteiger partial charge in [-0.3, -0.25) is 9.89 Å². The van der Waals surface area contributed by atoms with Gasteiger partial charge in [-0.1, -0.05) is 18.2 Å². The highest BCUT2D eigenvalue weighted by atomic mass is 32.1. The van der Waals surface area contributed by atoms with Crippen molar-refractivity contribution in [3.63, 3.8) is 0 Å². The van der Waals surface area contributed by atoms with Gasteiger partial charge in [0.15, 0.2) is 0 Å². The normalized spacial score (nSPS) is 12.5. The zero-order valence-electron chi connectivity index (χ0n) is 10.4. The van der Waals surface area contributed by atoms with E-state index in [2.05, 4.69) is 15.5 Å². The molecule has 0 bridgehead atoms. The molecule has 0 spiro atoms. The molecule has 0 radical (unpaired) electrons. The second kappa shape index (κ2) is 4.85. The molecule has 0 aliphatic carbocycles. The zero-order chi connectivity index (χ0) is 13.2. The smallest absolute Gasteiger partial charge is 0.253 e. The molecule has 4 nitrogen and oxygen atoms in total. The number of thiophene rings is 1. The van der Waals surface area contributed by atoms with Crippen LogP contribution in [0.2, 0.25) is 0 Å². The average molecular weight is 271 g/mol. The van der Waals surface area contributed by atoms with Gasteiger partial charge in [-0.05, 0) is 24.4 Å². The topological polar surface area (TPSA) is 57.8 Å². The number of fused-ring (bicyclic) bond motifs is 1. The number of aromatic nitrogens is 2. The first-order chi connectivity index (χ1) is 9.25. The fraction of sp³-hybridized carbons (Fsp3) is 0.143. The van der Waals surface area contributed by atoms with Gasteiger partial charge in [0.05, 0.1) is 23.3 Å². The third-order valence-electron chi connectivity index (χ3n) is 3.04. The summed E-state index contributed by atoms with van der Waals surface area (Å²) in [6.45, 7) is 1.98. The van der Waals surface area contributed by atoms with Gasteiger partial charge in [0.1, 0.15) is 0 Å². The van der Waals surface area contributed by atoms with E-state index in [0.29, 0.717) is 5.56 Å². The molecule has 96 valence electrons. The Morgan fingerprint density at radius 1 is 1.37 bits per heavy atom. The molecule has 1 unspecified atom stereocenters. The fourth-order valence-electron chi connectivity index (χ4n) is 2.04. The standard InChI is InChI=1S/C14H13N3OS/c1-9(12-6-3-7-19-12)16-14(18)11-5-2-4-10-8-15-17-13(10)11/h2-9H,1H3,(H,15,17)(H,16,18). The Bertz CT molecular complexity index is 702. The van der Waals surface area contributed by atoms with Gasteiger partial charge in [-0.15, -0.1) is 11.3 Å². The summed E-state index contributed by atoms with van der Waals surface area (Å²) in [6.07, 6.45) is 1.72. The van der Waals surface area contributed by atoms with Crippen LogP contribution in [0.4, 0.5) is 0 Å². The van der Waals surface area contributed by atoms with Crippen LogP contribution < -0.4 is 5.32 Å². The van der Waals surface area contributed by atoms with Crippen molar-refractivity contribution < 1.29 is 4.79 Å². The number of nitrogens with zero attached hydrogens (tertiary/aromatic N) is 1. The van der Waals surface area contributed by atoms with Crippen molar-refractivity contribution in [3.8, 4) is 0 Å². The first kappa shape index (κ1) is 11.9. The van der Waals surface area contributed by atoms with E-state index in [1.165, 1.54) is 0 Å². The first-order valence-electron chi connectivity index (χ1n) is 6.02. The monoisotopic (exact) mass is 271 g/mol. The molecule has 2 aromatic heterocycles. The highest BCUT2D eigenvalue weighted by molar-refractivity contribution is 7.10. The van der Waals surface area contributed by atoms with Crippen LogP contribution in [0.1, 0.15) is 28.2 Å². The molecule has 0 saturated heterocycles. The first-order valence-corrected chi connectivity index (χ1v) is 6.90. The minimum Gasteiger partial charge on any atom is -0.345 e. The summed E-state index contributed by atoms with van der Waals surface area (Å²) in [4.78, 5) is 13.5. The average Bonchev–Trinajstić information content (AvgIpc) is 3.08. The van der Waals surface area contributed by atoms with E-state index in [4.69, 9.17) is 0 Å². The Kier molecular flexibility index (Phi) is 3.05. The van der Waals surface area contributed by atoms with Crippen molar-refractivity contribution in [1.29, 1.82) is 0 Å². The molecule has 5 heteroatoms. The van der Waals surface area contributed by atoms with Crippen molar-refractivity contribution in [1.82, 2.24) is 15.5 Å². The van der Waals surface area contributed by atoms with E-state index in [9.17, 15) is 4.79 Å². The van der Waals surface area contributed by atoms with Crippen LogP contribution in [0, 0.1) is 0 Å². The van der Waals surface area contributed by atoms with Crippen LogP contribution in [-0.2, 0) is 0 Å². The number of aromatic amines is 1. The fourth-order valence-corrected chi connectivity index (χ4v) is 2.78. The van der Waals surface area contributed by atoms with Gasteiger partial charge >= 0.3 is 0 Å². The molecule has 1 amide bonds. The molecule has 0 fully saturated rings. The summed E-state index contributed by atoms with van der Waals surface area (Å²) in [6, 6.07) is 9.60. The summed E-state index contributed by atoms with van der Waals surface area (Å²) in [5.41, 5.74) is 1.40. The van der Waals surface area contributed by atoms with Crippen LogP contribution in [0.15, 0.2) is 41.9 Å². The Morgan fingerprint density at radius 3 is 3.05 bits per heavy atom. The van der Waals surface area contributed by atoms with Crippen molar-refractivity contribution >= 4 is 28.1 Å². The van der Waals surface area contributed by atoms with Crippen LogP contribution in [0.5, 0.6) is 0 Å². The lowest BCUT2D eigenvalue weighted by molar-refractivity contribution is 0.0942. The minimum absolute atomic E-state index is 0.00526. The molecular formula is C14H13N3OS. The molecule has 1 aromatic carbocycles. The third kappa shape index (κ3) is 2.24. The maximum absolute atomic E-state index is 12.3. The van der Waals surface area contributed by atoms with Gasteiger partial charge < -0.3 is 5.32 Å². The van der Waals surface area contributed by atoms with Crippen LogP contribution in [0.3, 0.4) is 0 Å². The summed E-state index contributed by atoms with van der Waals surface area (Å²) >= 11 is 1.64. The number of nitrogens with one attached hydrogen (secondary N) is 2. The molecule has 3 rings (SSSR count). The highest BCUT2D eigenvalue weighted by Gasteiger charge is 2.15. The number of carbonyl (C=O) groups is 1. The lowest BCUT2D eigenvalue weighted by Gasteiger charge is -2.12. The van der Waals surface area contributed by atoms with Gasteiger partial charge in [0.2, 0.25) is 0 Å². The molecule has 3 aromatic rings. The van der Waals surface area contributed by atoms with Gasteiger partial charge in [-0.25, -0.2) is 0 Å². The molecular weight excluding hydrogens is 258 g/mol. The van der Waals surface area contributed by atoms with Gasteiger partial charge in [0, 0.05) is 10.3 Å². The Balaban J connectivity index is 1.86. The Morgan fingerprint density at radius 2 is 2.26 bits per heavy atom. The van der Waals surface area contributed by atoms with Crippen molar-refractivity contribution in [3.05, 3.63) is 52.3 Å². The van der Waals surface area contributed by atoms with Crippen LogP contribution >= 0.6 is 11.3 Å². The van der Waals surface area contributed by atoms with E-state index >= 15 is 0 Å². The number of carbonyl (C=O) groups excluding carboxylic acids is 1. The van der Waals surface area contributed by atoms with E-state index in [1.807, 2.05) is 36.6 Å². The second-order valence-corrected chi connectivity index (χ2v) is 5.33. The van der Waals surface area contributed by atoms with Crippen LogP contribution in [-0.4, -0.2) is 16.1 Å². The molecule has 0 aliphatic rings. The van der Waals surface area contributed by atoms with Crippen molar-refractivity contribution in [2.75, 3.05) is 0 Å². The molecule has 2 heterocycles. The number of hydrogen-bond donors (Lipinski definition) is 2. The highest BCUT2D eigenvalue weighted by Crippen LogP contribution is 2.20. The molecule has 1 atom stereocenters. The minimum atomic E-state index is -0.0873. The van der Waals surface area contributed by atoms with Gasteiger partial charge in [0.25, 0.3) is 5.91 Å². The number of para-hydroxylation sites is 1. The van der Waals surface area contributed by atoms with Crippen LogP contribution in [0.25, 0.3) is 10.9 Å². The van der Waals surface area contributed by atoms with Crippen molar-refractivity contribution in [2.45, 2.75) is 13.0 Å². The third-order valence-corrected chi connectivity index (χ3v) is 4.09. The van der Waals surface area contributed by atoms with Crippen molar-refractivity contribution in [2.24, 2.45) is 0 Å². The molecule has 0 saturated carbocycles. The molecule has 19 heavy (non-hydrogen) atoms. The maximum atomic E-state index is 12.3. The number of benzene rings is 1. The maximum Gasteiger partial charge on any atom is 0.253 e. The summed E-state index contributed by atoms with van der Waals surface area (Å²) < 4.78 is 0. The predicted molar refractivity (Wildman–Crippen MR) is 76.3 cm³/mol. The van der Waals surface area contributed by atoms with E-state index in [-0.39, 0.29) is 11.9 Å². The van der Waals surface area contributed by atoms with E-state index in [1.54, 1.807) is 23.6 Å². The van der Waals surface area contributed by atoms with E-state index in [0.717, 1.165) is 15.8 Å². The lowest BCUT2D eigenvalue weighted by atomic mass is 10.1. The Labute approximate surface area is 114 Å². The molecule has 0 aliphatic heterocycles. The van der Waals surface area contributed by atoms with Gasteiger partial charge in [-0.2, -0.15) is 5.10 Å². The molecule has 2 N–H and O–H groups in total. The zero-order valence-corrected chi connectivity index (χ0v) is 11.2.